The van der Waals surface area contributed by atoms with Crippen LogP contribution in [-0.2, 0) is 16.9 Å². The number of amides is 4. The number of carbonyl (C=O) groups is 3. The predicted octanol–water partition coefficient (Wildman–Crippen LogP) is 2.78. The lowest BCUT2D eigenvalue weighted by Gasteiger charge is -2.22. The number of aromatic nitrogens is 1. The van der Waals surface area contributed by atoms with E-state index in [2.05, 4.69) is 10.3 Å². The van der Waals surface area contributed by atoms with Crippen molar-refractivity contribution in [1.29, 1.82) is 0 Å². The molecule has 2 aromatic heterocycles. The zero-order valence-electron chi connectivity index (χ0n) is 15.8. The van der Waals surface area contributed by atoms with Crippen LogP contribution in [0.1, 0.15) is 34.3 Å². The summed E-state index contributed by atoms with van der Waals surface area (Å²) in [6.07, 6.45) is 0. The average molecular weight is 410 g/mol. The molecule has 4 amide bonds. The monoisotopic (exact) mass is 410 g/mol. The summed E-state index contributed by atoms with van der Waals surface area (Å²) in [5, 5.41) is 4.63. The van der Waals surface area contributed by atoms with E-state index >= 15 is 0 Å². The Morgan fingerprint density at radius 3 is 2.79 bits per heavy atom. The zero-order chi connectivity index (χ0) is 20.8. The molecule has 148 valence electrons. The van der Waals surface area contributed by atoms with Gasteiger partial charge in [0, 0.05) is 5.56 Å². The second kappa shape index (κ2) is 6.85. The standard InChI is InChI=1S/C20H18N4O4S/c1-11-14(22-17(28-11)15-7-4-8-29-15)10-24-18(26)20(2,23-19(24)27)13-6-3-5-12(9-13)16(21)25/h3-9H,10H2,1-2H3,(H2,21,25)(H,23,27). The lowest BCUT2D eigenvalue weighted by molar-refractivity contribution is -0.131. The van der Waals surface area contributed by atoms with Crippen molar-refractivity contribution in [2.75, 3.05) is 0 Å². The van der Waals surface area contributed by atoms with Gasteiger partial charge in [0.1, 0.15) is 17.0 Å². The molecule has 0 saturated carbocycles. The Labute approximate surface area is 170 Å². The number of imide groups is 1. The summed E-state index contributed by atoms with van der Waals surface area (Å²) in [4.78, 5) is 43.6. The number of rotatable bonds is 5. The average Bonchev–Trinajstić information content (AvgIpc) is 3.39. The Kier molecular flexibility index (Phi) is 4.46. The van der Waals surface area contributed by atoms with Crippen LogP contribution in [-0.4, -0.2) is 27.7 Å². The third-order valence-electron chi connectivity index (χ3n) is 4.93. The van der Waals surface area contributed by atoms with Gasteiger partial charge in [-0.25, -0.2) is 9.78 Å². The fourth-order valence-electron chi connectivity index (χ4n) is 3.25. The van der Waals surface area contributed by atoms with Crippen LogP contribution in [0.4, 0.5) is 4.79 Å². The molecular weight excluding hydrogens is 392 g/mol. The van der Waals surface area contributed by atoms with Gasteiger partial charge in [-0.1, -0.05) is 18.2 Å². The van der Waals surface area contributed by atoms with Crippen LogP contribution < -0.4 is 11.1 Å². The molecule has 9 heteroatoms. The van der Waals surface area contributed by atoms with Gasteiger partial charge in [-0.05, 0) is 43.0 Å². The lowest BCUT2D eigenvalue weighted by atomic mass is 9.90. The largest absolute Gasteiger partial charge is 0.440 e. The smallest absolute Gasteiger partial charge is 0.325 e. The van der Waals surface area contributed by atoms with E-state index in [0.29, 0.717) is 22.9 Å². The Balaban J connectivity index is 1.62. The van der Waals surface area contributed by atoms with Crippen molar-refractivity contribution in [1.82, 2.24) is 15.2 Å². The maximum absolute atomic E-state index is 13.1. The van der Waals surface area contributed by atoms with E-state index in [4.69, 9.17) is 10.2 Å². The number of thiophene rings is 1. The van der Waals surface area contributed by atoms with Crippen molar-refractivity contribution < 1.29 is 18.8 Å². The van der Waals surface area contributed by atoms with E-state index in [-0.39, 0.29) is 12.1 Å². The van der Waals surface area contributed by atoms with E-state index in [1.165, 1.54) is 17.4 Å². The van der Waals surface area contributed by atoms with Crippen molar-refractivity contribution in [2.24, 2.45) is 5.73 Å². The summed E-state index contributed by atoms with van der Waals surface area (Å²) < 4.78 is 5.70. The summed E-state index contributed by atoms with van der Waals surface area (Å²) >= 11 is 1.49. The molecule has 1 saturated heterocycles. The van der Waals surface area contributed by atoms with Crippen LogP contribution >= 0.6 is 11.3 Å². The van der Waals surface area contributed by atoms with Gasteiger partial charge in [-0.15, -0.1) is 11.3 Å². The van der Waals surface area contributed by atoms with Crippen LogP contribution in [0, 0.1) is 6.92 Å². The second-order valence-electron chi connectivity index (χ2n) is 6.89. The van der Waals surface area contributed by atoms with Gasteiger partial charge >= 0.3 is 6.03 Å². The molecule has 4 rings (SSSR count). The number of oxazole rings is 1. The molecule has 1 aliphatic heterocycles. The quantitative estimate of drug-likeness (QED) is 0.627. The Bertz CT molecular complexity index is 1120. The number of carbonyl (C=O) groups excluding carboxylic acids is 3. The van der Waals surface area contributed by atoms with E-state index in [9.17, 15) is 14.4 Å². The molecule has 8 nitrogen and oxygen atoms in total. The van der Waals surface area contributed by atoms with Crippen molar-refractivity contribution in [3.8, 4) is 10.8 Å². The molecule has 1 atom stereocenters. The van der Waals surface area contributed by atoms with Crippen molar-refractivity contribution in [3.63, 3.8) is 0 Å². The van der Waals surface area contributed by atoms with Crippen LogP contribution in [0.5, 0.6) is 0 Å². The number of nitrogens with one attached hydrogen (secondary N) is 1. The molecule has 3 heterocycles. The van der Waals surface area contributed by atoms with Gasteiger partial charge in [0.05, 0.1) is 11.4 Å². The first-order valence-corrected chi connectivity index (χ1v) is 9.72. The van der Waals surface area contributed by atoms with Crippen molar-refractivity contribution in [2.45, 2.75) is 25.9 Å². The highest BCUT2D eigenvalue weighted by Crippen LogP contribution is 2.32. The first-order chi connectivity index (χ1) is 13.8. The third kappa shape index (κ3) is 3.19. The van der Waals surface area contributed by atoms with Crippen LogP contribution in [0.15, 0.2) is 46.2 Å². The third-order valence-corrected chi connectivity index (χ3v) is 5.79. The van der Waals surface area contributed by atoms with Gasteiger partial charge < -0.3 is 15.5 Å². The van der Waals surface area contributed by atoms with Crippen LogP contribution in [0.3, 0.4) is 0 Å². The minimum Gasteiger partial charge on any atom is -0.440 e. The molecule has 0 aliphatic carbocycles. The number of hydrogen-bond acceptors (Lipinski definition) is 6. The summed E-state index contributed by atoms with van der Waals surface area (Å²) in [5.41, 5.74) is 5.27. The highest BCUT2D eigenvalue weighted by atomic mass is 32.1. The number of nitrogens with two attached hydrogens (primary N) is 1. The molecule has 0 spiro atoms. The highest BCUT2D eigenvalue weighted by molar-refractivity contribution is 7.13. The topological polar surface area (TPSA) is 119 Å². The maximum atomic E-state index is 13.1. The zero-order valence-corrected chi connectivity index (χ0v) is 16.6. The van der Waals surface area contributed by atoms with Gasteiger partial charge in [0.2, 0.25) is 11.8 Å². The van der Waals surface area contributed by atoms with E-state index in [1.807, 2.05) is 17.5 Å². The molecule has 3 aromatic rings. The molecule has 1 fully saturated rings. The Hall–Kier alpha value is -3.46. The molecular formula is C20H18N4O4S. The fourth-order valence-corrected chi connectivity index (χ4v) is 3.90. The molecule has 29 heavy (non-hydrogen) atoms. The lowest BCUT2D eigenvalue weighted by Crippen LogP contribution is -2.41. The molecule has 1 unspecified atom stereocenters. The minimum absolute atomic E-state index is 0.0174. The molecule has 1 aliphatic rings. The van der Waals surface area contributed by atoms with Gasteiger partial charge in [0.25, 0.3) is 5.91 Å². The first-order valence-electron chi connectivity index (χ1n) is 8.84. The normalized spacial score (nSPS) is 18.9. The molecule has 0 radical (unpaired) electrons. The fraction of sp³-hybridized carbons (Fsp3) is 0.200. The number of hydrogen-bond donors (Lipinski definition) is 2. The molecule has 3 N–H and O–H groups in total. The Morgan fingerprint density at radius 2 is 2.10 bits per heavy atom. The molecule has 0 bridgehead atoms. The summed E-state index contributed by atoms with van der Waals surface area (Å²) in [5.74, 6) is -0.0533. The molecule has 1 aromatic carbocycles. The predicted molar refractivity (Wildman–Crippen MR) is 106 cm³/mol. The Morgan fingerprint density at radius 1 is 1.31 bits per heavy atom. The van der Waals surface area contributed by atoms with Crippen molar-refractivity contribution in [3.05, 3.63) is 64.4 Å². The van der Waals surface area contributed by atoms with Gasteiger partial charge in [0.15, 0.2) is 0 Å². The maximum Gasteiger partial charge on any atom is 0.325 e. The van der Waals surface area contributed by atoms with E-state index in [0.717, 1.165) is 9.78 Å². The number of nitrogens with zero attached hydrogens (tertiary/aromatic N) is 2. The van der Waals surface area contributed by atoms with Gasteiger partial charge in [-0.2, -0.15) is 0 Å². The summed E-state index contributed by atoms with van der Waals surface area (Å²) in [6.45, 7) is 3.32. The minimum atomic E-state index is -1.31. The van der Waals surface area contributed by atoms with Crippen LogP contribution in [0.2, 0.25) is 0 Å². The van der Waals surface area contributed by atoms with E-state index < -0.39 is 23.4 Å². The van der Waals surface area contributed by atoms with Crippen LogP contribution in [0.25, 0.3) is 10.8 Å². The van der Waals surface area contributed by atoms with E-state index in [1.54, 1.807) is 32.0 Å². The summed E-state index contributed by atoms with van der Waals surface area (Å²) in [7, 11) is 0. The van der Waals surface area contributed by atoms with Crippen molar-refractivity contribution >= 4 is 29.2 Å². The first kappa shape index (κ1) is 18.9. The number of urea groups is 1. The number of aryl methyl sites for hydroxylation is 1. The SMILES string of the molecule is Cc1oc(-c2cccs2)nc1CN1C(=O)NC(C)(c2cccc(C(N)=O)c2)C1=O. The summed E-state index contributed by atoms with van der Waals surface area (Å²) in [6, 6.07) is 9.60. The highest BCUT2D eigenvalue weighted by Gasteiger charge is 2.49. The number of primary amides is 1. The second-order valence-corrected chi connectivity index (χ2v) is 7.84. The van der Waals surface area contributed by atoms with Gasteiger partial charge in [-0.3, -0.25) is 14.5 Å². The number of benzene rings is 1.